The number of ether oxygens (including phenoxy) is 2. The van der Waals surface area contributed by atoms with Gasteiger partial charge in [0.05, 0.1) is 16.2 Å². The smallest absolute Gasteiger partial charge is 0.282 e. The Morgan fingerprint density at radius 2 is 2.00 bits per heavy atom. The average Bonchev–Trinajstić information content (AvgIpc) is 3.01. The van der Waals surface area contributed by atoms with Crippen LogP contribution in [0.1, 0.15) is 15.9 Å². The molecule has 9 heteroatoms. The molecular formula is C15H10ClN3O5. The quantitative estimate of drug-likeness (QED) is 0.520. The number of hydrazone groups is 1. The van der Waals surface area contributed by atoms with Crippen LogP contribution in [0.15, 0.2) is 41.5 Å². The zero-order chi connectivity index (χ0) is 17.1. The molecule has 0 fully saturated rings. The first kappa shape index (κ1) is 15.8. The number of benzene rings is 2. The van der Waals surface area contributed by atoms with Gasteiger partial charge in [0, 0.05) is 17.7 Å². The number of fused-ring (bicyclic) bond motifs is 1. The maximum atomic E-state index is 12.0. The lowest BCUT2D eigenvalue weighted by Crippen LogP contribution is -2.19. The van der Waals surface area contributed by atoms with E-state index in [-0.39, 0.29) is 18.0 Å². The van der Waals surface area contributed by atoms with Crippen LogP contribution >= 0.6 is 11.6 Å². The SMILES string of the molecule is O=C(N/N=C/c1cc2c(cc1Cl)OCO2)c1ccccc1[N+](=O)[O-]. The summed E-state index contributed by atoms with van der Waals surface area (Å²) in [4.78, 5) is 22.3. The van der Waals surface area contributed by atoms with E-state index in [0.29, 0.717) is 22.1 Å². The van der Waals surface area contributed by atoms with E-state index in [1.54, 1.807) is 12.1 Å². The van der Waals surface area contributed by atoms with Crippen molar-refractivity contribution in [3.05, 3.63) is 62.7 Å². The first-order chi connectivity index (χ1) is 11.6. The van der Waals surface area contributed by atoms with Crippen molar-refractivity contribution >= 4 is 29.4 Å². The number of nitro benzene ring substituents is 1. The summed E-state index contributed by atoms with van der Waals surface area (Å²) in [6, 6.07) is 8.79. The molecule has 0 bridgehead atoms. The van der Waals surface area contributed by atoms with Gasteiger partial charge in [0.15, 0.2) is 11.5 Å². The van der Waals surface area contributed by atoms with Crippen LogP contribution in [-0.2, 0) is 0 Å². The van der Waals surface area contributed by atoms with E-state index in [4.69, 9.17) is 21.1 Å². The summed E-state index contributed by atoms with van der Waals surface area (Å²) in [5.74, 6) is 0.349. The van der Waals surface area contributed by atoms with Crippen LogP contribution in [0.3, 0.4) is 0 Å². The third-order valence-electron chi connectivity index (χ3n) is 3.21. The highest BCUT2D eigenvalue weighted by Gasteiger charge is 2.19. The number of nitrogens with zero attached hydrogens (tertiary/aromatic N) is 2. The molecule has 1 aliphatic heterocycles. The van der Waals surface area contributed by atoms with E-state index in [0.717, 1.165) is 0 Å². The van der Waals surface area contributed by atoms with E-state index in [2.05, 4.69) is 10.5 Å². The van der Waals surface area contributed by atoms with Gasteiger partial charge in [-0.25, -0.2) is 5.43 Å². The molecular weight excluding hydrogens is 338 g/mol. The number of amides is 1. The second-order valence-electron chi connectivity index (χ2n) is 4.70. The zero-order valence-electron chi connectivity index (χ0n) is 12.1. The maximum Gasteiger partial charge on any atom is 0.282 e. The van der Waals surface area contributed by atoms with Crippen molar-refractivity contribution in [1.82, 2.24) is 5.43 Å². The number of hydrogen-bond acceptors (Lipinski definition) is 6. The molecule has 0 unspecified atom stereocenters. The summed E-state index contributed by atoms with van der Waals surface area (Å²) in [6.45, 7) is 0.112. The first-order valence-electron chi connectivity index (χ1n) is 6.72. The van der Waals surface area contributed by atoms with Gasteiger partial charge in [0.1, 0.15) is 5.56 Å². The van der Waals surface area contributed by atoms with Crippen LogP contribution < -0.4 is 14.9 Å². The highest BCUT2D eigenvalue weighted by atomic mass is 35.5. The van der Waals surface area contributed by atoms with Gasteiger partial charge in [-0.3, -0.25) is 14.9 Å². The summed E-state index contributed by atoms with van der Waals surface area (Å²) in [6.07, 6.45) is 1.32. The van der Waals surface area contributed by atoms with Crippen LogP contribution in [0.25, 0.3) is 0 Å². The van der Waals surface area contributed by atoms with Gasteiger partial charge in [0.2, 0.25) is 6.79 Å². The molecule has 1 amide bonds. The minimum Gasteiger partial charge on any atom is -0.454 e. The fraction of sp³-hybridized carbons (Fsp3) is 0.0667. The highest BCUT2D eigenvalue weighted by molar-refractivity contribution is 6.33. The van der Waals surface area contributed by atoms with Crippen molar-refractivity contribution in [3.63, 3.8) is 0 Å². The van der Waals surface area contributed by atoms with Gasteiger partial charge in [-0.05, 0) is 12.1 Å². The number of nitro groups is 1. The van der Waals surface area contributed by atoms with Gasteiger partial charge >= 0.3 is 0 Å². The molecule has 1 N–H and O–H groups in total. The minimum atomic E-state index is -0.699. The van der Waals surface area contributed by atoms with Crippen molar-refractivity contribution in [2.45, 2.75) is 0 Å². The van der Waals surface area contributed by atoms with Crippen molar-refractivity contribution in [1.29, 1.82) is 0 Å². The predicted octanol–water partition coefficient (Wildman–Crippen LogP) is 2.74. The molecule has 2 aromatic carbocycles. The molecule has 0 aromatic heterocycles. The number of halogens is 1. The lowest BCUT2D eigenvalue weighted by molar-refractivity contribution is -0.385. The Balaban J connectivity index is 1.75. The Labute approximate surface area is 140 Å². The largest absolute Gasteiger partial charge is 0.454 e. The molecule has 122 valence electrons. The average molecular weight is 348 g/mol. The van der Waals surface area contributed by atoms with Crippen molar-refractivity contribution < 1.29 is 19.2 Å². The Morgan fingerprint density at radius 3 is 2.75 bits per heavy atom. The van der Waals surface area contributed by atoms with Crippen molar-refractivity contribution in [2.75, 3.05) is 6.79 Å². The minimum absolute atomic E-state index is 0.0866. The number of nitrogens with one attached hydrogen (secondary N) is 1. The standard InChI is InChI=1S/C15H10ClN3O5/c16-11-6-14-13(23-8-24-14)5-9(11)7-17-18-15(20)10-3-1-2-4-12(10)19(21)22/h1-7H,8H2,(H,18,20)/b17-7+. The molecule has 0 radical (unpaired) electrons. The molecule has 0 atom stereocenters. The van der Waals surface area contributed by atoms with Crippen LogP contribution in [0.4, 0.5) is 5.69 Å². The van der Waals surface area contributed by atoms with E-state index >= 15 is 0 Å². The number of para-hydroxylation sites is 1. The third kappa shape index (κ3) is 3.13. The number of carbonyl (C=O) groups excluding carboxylic acids is 1. The Bertz CT molecular complexity index is 853. The Kier molecular flexibility index (Phi) is 4.30. The lowest BCUT2D eigenvalue weighted by atomic mass is 10.2. The molecule has 2 aromatic rings. The molecule has 1 aliphatic rings. The number of carbonyl (C=O) groups is 1. The van der Waals surface area contributed by atoms with E-state index in [1.807, 2.05) is 0 Å². The molecule has 0 saturated carbocycles. The predicted molar refractivity (Wildman–Crippen MR) is 85.7 cm³/mol. The topological polar surface area (TPSA) is 103 Å². The number of hydrogen-bond donors (Lipinski definition) is 1. The van der Waals surface area contributed by atoms with E-state index < -0.39 is 10.8 Å². The molecule has 0 aliphatic carbocycles. The summed E-state index contributed by atoms with van der Waals surface area (Å²) >= 11 is 6.08. The van der Waals surface area contributed by atoms with Crippen LogP contribution in [-0.4, -0.2) is 23.8 Å². The fourth-order valence-corrected chi connectivity index (χ4v) is 2.28. The van der Waals surface area contributed by atoms with Crippen LogP contribution in [0, 0.1) is 10.1 Å². The monoisotopic (exact) mass is 347 g/mol. The zero-order valence-corrected chi connectivity index (χ0v) is 12.8. The summed E-state index contributed by atoms with van der Waals surface area (Å²) in [5, 5.41) is 15.1. The van der Waals surface area contributed by atoms with E-state index in [9.17, 15) is 14.9 Å². The van der Waals surface area contributed by atoms with Crippen LogP contribution in [0.5, 0.6) is 11.5 Å². The lowest BCUT2D eigenvalue weighted by Gasteiger charge is -2.02. The Morgan fingerprint density at radius 1 is 1.29 bits per heavy atom. The highest BCUT2D eigenvalue weighted by Crippen LogP contribution is 2.36. The van der Waals surface area contributed by atoms with Crippen molar-refractivity contribution in [2.24, 2.45) is 5.10 Å². The molecule has 1 heterocycles. The molecule has 24 heavy (non-hydrogen) atoms. The summed E-state index contributed by atoms with van der Waals surface area (Å²) < 4.78 is 10.4. The Hall–Kier alpha value is -3.13. The van der Waals surface area contributed by atoms with Gasteiger partial charge in [0.25, 0.3) is 11.6 Å². The second kappa shape index (κ2) is 6.55. The maximum absolute atomic E-state index is 12.0. The van der Waals surface area contributed by atoms with Gasteiger partial charge in [-0.15, -0.1) is 0 Å². The van der Waals surface area contributed by atoms with Crippen molar-refractivity contribution in [3.8, 4) is 11.5 Å². The normalized spacial score (nSPS) is 12.4. The summed E-state index contributed by atoms with van der Waals surface area (Å²) in [7, 11) is 0. The number of rotatable bonds is 4. The van der Waals surface area contributed by atoms with Crippen LogP contribution in [0.2, 0.25) is 5.02 Å². The second-order valence-corrected chi connectivity index (χ2v) is 5.11. The fourth-order valence-electron chi connectivity index (χ4n) is 2.08. The van der Waals surface area contributed by atoms with Gasteiger partial charge < -0.3 is 9.47 Å². The summed E-state index contributed by atoms with van der Waals surface area (Å²) in [5.41, 5.74) is 2.35. The van der Waals surface area contributed by atoms with Gasteiger partial charge in [-0.2, -0.15) is 5.10 Å². The van der Waals surface area contributed by atoms with E-state index in [1.165, 1.54) is 30.5 Å². The molecule has 8 nitrogen and oxygen atoms in total. The van der Waals surface area contributed by atoms with Gasteiger partial charge in [-0.1, -0.05) is 23.7 Å². The molecule has 3 rings (SSSR count). The third-order valence-corrected chi connectivity index (χ3v) is 3.53. The first-order valence-corrected chi connectivity index (χ1v) is 7.10. The molecule has 0 spiro atoms. The molecule has 0 saturated heterocycles.